The lowest BCUT2D eigenvalue weighted by Gasteiger charge is -2.37. The van der Waals surface area contributed by atoms with Gasteiger partial charge in [0.05, 0.1) is 7.11 Å². The Morgan fingerprint density at radius 2 is 1.79 bits per heavy atom. The van der Waals surface area contributed by atoms with E-state index >= 15 is 0 Å². The van der Waals surface area contributed by atoms with Crippen LogP contribution in [0.5, 0.6) is 0 Å². The second-order valence-corrected chi connectivity index (χ2v) is 12.9. The zero-order valence-electron chi connectivity index (χ0n) is 24.8. The number of benzene rings is 2. The Bertz CT molecular complexity index is 1090. The van der Waals surface area contributed by atoms with Gasteiger partial charge >= 0.3 is 5.97 Å². The number of aryl methyl sites for hydroxylation is 1. The highest BCUT2D eigenvalue weighted by molar-refractivity contribution is 7.98. The molecule has 0 radical (unpaired) electrons. The van der Waals surface area contributed by atoms with E-state index in [4.69, 9.17) is 4.74 Å². The van der Waals surface area contributed by atoms with E-state index in [1.807, 2.05) is 24.5 Å². The van der Waals surface area contributed by atoms with Gasteiger partial charge in [-0.3, -0.25) is 9.69 Å². The summed E-state index contributed by atoms with van der Waals surface area (Å²) in [6, 6.07) is 13.7. The number of esters is 1. The molecule has 39 heavy (non-hydrogen) atoms. The molecule has 2 aromatic carbocycles. The van der Waals surface area contributed by atoms with E-state index in [-0.39, 0.29) is 11.4 Å². The molecule has 214 valence electrons. The molecule has 0 heterocycles. The fourth-order valence-corrected chi connectivity index (χ4v) is 6.01. The molecule has 0 aliphatic heterocycles. The highest BCUT2D eigenvalue weighted by atomic mass is 32.2. The average Bonchev–Trinajstić information content (AvgIpc) is 2.92. The summed E-state index contributed by atoms with van der Waals surface area (Å²) in [6.07, 6.45) is 10.6. The molecule has 0 spiro atoms. The lowest BCUT2D eigenvalue weighted by atomic mass is 9.86. The van der Waals surface area contributed by atoms with Crippen LogP contribution in [0, 0.1) is 12.8 Å². The summed E-state index contributed by atoms with van der Waals surface area (Å²) in [5.74, 6) is 0.935. The quantitative estimate of drug-likeness (QED) is 0.281. The van der Waals surface area contributed by atoms with Gasteiger partial charge in [-0.2, -0.15) is 11.8 Å². The number of carbonyl (C=O) groups is 2. The molecule has 1 aliphatic carbocycles. The minimum absolute atomic E-state index is 0.0402. The van der Waals surface area contributed by atoms with Crippen LogP contribution < -0.4 is 5.32 Å². The highest BCUT2D eigenvalue weighted by Crippen LogP contribution is 2.31. The monoisotopic (exact) mass is 552 g/mol. The second-order valence-electron chi connectivity index (χ2n) is 11.9. The van der Waals surface area contributed by atoms with Crippen LogP contribution in [0.15, 0.2) is 42.5 Å². The van der Waals surface area contributed by atoms with Gasteiger partial charge in [-0.25, -0.2) is 4.79 Å². The Hall–Kier alpha value is -2.31. The second kappa shape index (κ2) is 14.9. The summed E-state index contributed by atoms with van der Waals surface area (Å²) in [5.41, 5.74) is 4.86. The van der Waals surface area contributed by atoms with E-state index in [2.05, 4.69) is 62.2 Å². The van der Waals surface area contributed by atoms with Crippen molar-refractivity contribution in [2.24, 2.45) is 5.92 Å². The average molecular weight is 553 g/mol. The van der Waals surface area contributed by atoms with Crippen LogP contribution in [0.1, 0.15) is 87.2 Å². The van der Waals surface area contributed by atoms with Gasteiger partial charge in [-0.1, -0.05) is 62.4 Å². The number of methoxy groups -OCH3 is 1. The minimum Gasteiger partial charge on any atom is -0.467 e. The minimum atomic E-state index is -0.671. The van der Waals surface area contributed by atoms with E-state index in [0.717, 1.165) is 41.5 Å². The van der Waals surface area contributed by atoms with Crippen molar-refractivity contribution in [3.63, 3.8) is 0 Å². The predicted molar refractivity (Wildman–Crippen MR) is 164 cm³/mol. The Morgan fingerprint density at radius 1 is 1.08 bits per heavy atom. The van der Waals surface area contributed by atoms with E-state index in [1.54, 1.807) is 11.8 Å². The predicted octanol–water partition coefficient (Wildman–Crippen LogP) is 7.26. The van der Waals surface area contributed by atoms with Crippen LogP contribution in [-0.2, 0) is 16.1 Å². The number of nitrogens with one attached hydrogen (secondary N) is 1. The van der Waals surface area contributed by atoms with Crippen molar-refractivity contribution in [1.29, 1.82) is 0 Å². The first kappa shape index (κ1) is 31.2. The lowest BCUT2D eigenvalue weighted by molar-refractivity contribution is -0.142. The molecule has 0 aromatic heterocycles. The van der Waals surface area contributed by atoms with Crippen LogP contribution >= 0.6 is 11.8 Å². The first-order chi connectivity index (χ1) is 18.6. The summed E-state index contributed by atoms with van der Waals surface area (Å²) in [6.45, 7) is 10.9. The zero-order chi connectivity index (χ0) is 28.4. The normalized spacial score (nSPS) is 15.3. The van der Waals surface area contributed by atoms with Gasteiger partial charge < -0.3 is 10.1 Å². The Morgan fingerprint density at radius 3 is 2.44 bits per heavy atom. The van der Waals surface area contributed by atoms with Crippen molar-refractivity contribution >= 4 is 23.6 Å². The van der Waals surface area contributed by atoms with Crippen LogP contribution in [0.25, 0.3) is 11.1 Å². The third-order valence-corrected chi connectivity index (χ3v) is 8.66. The lowest BCUT2D eigenvalue weighted by Crippen LogP contribution is -2.42. The molecule has 5 nitrogen and oxygen atoms in total. The van der Waals surface area contributed by atoms with Gasteiger partial charge in [-0.15, -0.1) is 0 Å². The molecular weight excluding hydrogens is 504 g/mol. The number of rotatable bonds is 12. The molecule has 0 saturated heterocycles. The number of nitrogens with zero attached hydrogens (tertiary/aromatic N) is 1. The van der Waals surface area contributed by atoms with Crippen LogP contribution in [0.4, 0.5) is 0 Å². The third kappa shape index (κ3) is 9.11. The number of carbonyl (C=O) groups excluding carboxylic acids is 2. The SMILES string of the molecule is COC(=O)C(CCSC)NC(=O)c1ccc(CN(CCC2CCCCC2)C(C)(C)C)cc1-c1ccccc1C. The van der Waals surface area contributed by atoms with Crippen molar-refractivity contribution in [2.75, 3.05) is 25.7 Å². The Balaban J connectivity index is 1.90. The summed E-state index contributed by atoms with van der Waals surface area (Å²) < 4.78 is 4.97. The van der Waals surface area contributed by atoms with Crippen molar-refractivity contribution in [2.45, 2.75) is 90.8 Å². The molecule has 1 N–H and O–H groups in total. The molecule has 1 aliphatic rings. The third-order valence-electron chi connectivity index (χ3n) is 8.02. The van der Waals surface area contributed by atoms with E-state index < -0.39 is 12.0 Å². The first-order valence-corrected chi connectivity index (χ1v) is 15.8. The largest absolute Gasteiger partial charge is 0.467 e. The maximum Gasteiger partial charge on any atom is 0.328 e. The molecule has 0 bridgehead atoms. The van der Waals surface area contributed by atoms with Crippen molar-refractivity contribution < 1.29 is 14.3 Å². The van der Waals surface area contributed by atoms with Crippen molar-refractivity contribution in [3.8, 4) is 11.1 Å². The van der Waals surface area contributed by atoms with Gasteiger partial charge in [0.25, 0.3) is 5.91 Å². The fourth-order valence-electron chi connectivity index (χ4n) is 5.53. The van der Waals surface area contributed by atoms with Gasteiger partial charge in [0.1, 0.15) is 6.04 Å². The molecule has 6 heteroatoms. The number of thioether (sulfide) groups is 1. The van der Waals surface area contributed by atoms with Gasteiger partial charge in [0.2, 0.25) is 0 Å². The Labute approximate surface area is 240 Å². The molecule has 1 saturated carbocycles. The summed E-state index contributed by atoms with van der Waals surface area (Å²) in [7, 11) is 1.36. The zero-order valence-corrected chi connectivity index (χ0v) is 25.7. The van der Waals surface area contributed by atoms with E-state index in [9.17, 15) is 9.59 Å². The van der Waals surface area contributed by atoms with Gasteiger partial charge in [0, 0.05) is 17.6 Å². The maximum atomic E-state index is 13.6. The Kier molecular flexibility index (Phi) is 11.9. The molecule has 1 amide bonds. The molecule has 3 rings (SSSR count). The molecular formula is C33H48N2O3S. The smallest absolute Gasteiger partial charge is 0.328 e. The van der Waals surface area contributed by atoms with E-state index in [0.29, 0.717) is 12.0 Å². The fraction of sp³-hybridized carbons (Fsp3) is 0.576. The summed E-state index contributed by atoms with van der Waals surface area (Å²) >= 11 is 1.64. The van der Waals surface area contributed by atoms with Crippen molar-refractivity contribution in [3.05, 3.63) is 59.2 Å². The standard InChI is InChI=1S/C33H48N2O3S/c1-24-12-10-11-15-27(24)29-22-26(23-35(33(2,3)4)20-18-25-13-8-7-9-14-25)16-17-28(29)31(36)34-30(19-21-39-6)32(37)38-5/h10-12,15-17,22,25,30H,7-9,13-14,18-21,23H2,1-6H3,(H,34,36). The highest BCUT2D eigenvalue weighted by Gasteiger charge is 2.26. The number of amides is 1. The molecule has 1 atom stereocenters. The maximum absolute atomic E-state index is 13.6. The summed E-state index contributed by atoms with van der Waals surface area (Å²) in [5, 5.41) is 2.95. The van der Waals surface area contributed by atoms with Gasteiger partial charge in [0.15, 0.2) is 0 Å². The van der Waals surface area contributed by atoms with Crippen LogP contribution in [0.2, 0.25) is 0 Å². The topological polar surface area (TPSA) is 58.6 Å². The van der Waals surface area contributed by atoms with Crippen LogP contribution in [0.3, 0.4) is 0 Å². The number of hydrogen-bond acceptors (Lipinski definition) is 5. The van der Waals surface area contributed by atoms with Crippen LogP contribution in [-0.4, -0.2) is 54.0 Å². The number of hydrogen-bond donors (Lipinski definition) is 1. The molecule has 1 unspecified atom stereocenters. The first-order valence-electron chi connectivity index (χ1n) is 14.5. The molecule has 2 aromatic rings. The molecule has 1 fully saturated rings. The van der Waals surface area contributed by atoms with Crippen molar-refractivity contribution in [1.82, 2.24) is 10.2 Å². The van der Waals surface area contributed by atoms with E-state index in [1.165, 1.54) is 51.2 Å². The summed E-state index contributed by atoms with van der Waals surface area (Å²) in [4.78, 5) is 28.5. The number of ether oxygens (including phenoxy) is 1. The van der Waals surface area contributed by atoms with Gasteiger partial charge in [-0.05, 0) is 99.4 Å².